The number of hydrogen-bond acceptors (Lipinski definition) is 4. The van der Waals surface area contributed by atoms with E-state index < -0.39 is 34.5 Å². The molecule has 0 aliphatic carbocycles. The summed E-state index contributed by atoms with van der Waals surface area (Å²) >= 11 is 0. The molecule has 1 atom stereocenters. The predicted octanol–water partition coefficient (Wildman–Crippen LogP) is 2.30. The molecule has 0 N–H and O–H groups in total. The van der Waals surface area contributed by atoms with Gasteiger partial charge in [-0.1, -0.05) is 6.07 Å². The van der Waals surface area contributed by atoms with Crippen LogP contribution in [0.2, 0.25) is 0 Å². The lowest BCUT2D eigenvalue weighted by atomic mass is 10.2. The lowest BCUT2D eigenvalue weighted by Gasteiger charge is -2.16. The van der Waals surface area contributed by atoms with E-state index in [9.17, 15) is 21.6 Å². The van der Waals surface area contributed by atoms with Crippen molar-refractivity contribution in [1.82, 2.24) is 0 Å². The summed E-state index contributed by atoms with van der Waals surface area (Å²) in [6, 6.07) is 7.06. The van der Waals surface area contributed by atoms with Gasteiger partial charge in [0.05, 0.1) is 28.9 Å². The molecule has 1 aromatic rings. The normalized spacial score (nSPS) is 13.8. The molecular weight excluding hydrogens is 295 g/mol. The van der Waals surface area contributed by atoms with Gasteiger partial charge < -0.3 is 4.74 Å². The van der Waals surface area contributed by atoms with Gasteiger partial charge in [0.25, 0.3) is 0 Å². The fourth-order valence-corrected chi connectivity index (χ4v) is 2.45. The molecule has 0 fully saturated rings. The molecule has 0 aliphatic rings. The van der Waals surface area contributed by atoms with E-state index >= 15 is 0 Å². The molecule has 110 valence electrons. The Kier molecular flexibility index (Phi) is 5.14. The molecule has 1 unspecified atom stereocenters. The second-order valence-electron chi connectivity index (χ2n) is 4.01. The van der Waals surface area contributed by atoms with Gasteiger partial charge in [0.1, 0.15) is 0 Å². The van der Waals surface area contributed by atoms with Crippen LogP contribution in [0.4, 0.5) is 13.2 Å². The first-order valence-electron chi connectivity index (χ1n) is 5.58. The lowest BCUT2D eigenvalue weighted by Crippen LogP contribution is -2.30. The van der Waals surface area contributed by atoms with Gasteiger partial charge in [-0.05, 0) is 25.1 Å². The van der Waals surface area contributed by atoms with Crippen LogP contribution in [-0.2, 0) is 14.6 Å². The maximum absolute atomic E-state index is 12.2. The van der Waals surface area contributed by atoms with Gasteiger partial charge >= 0.3 is 6.18 Å². The third-order valence-electron chi connectivity index (χ3n) is 2.50. The molecule has 0 amide bonds. The number of alkyl halides is 3. The fraction of sp³-hybridized carbons (Fsp3) is 0.417. The van der Waals surface area contributed by atoms with Crippen LogP contribution in [0.1, 0.15) is 12.5 Å². The number of halogens is 3. The van der Waals surface area contributed by atoms with Crippen molar-refractivity contribution in [2.45, 2.75) is 24.1 Å². The maximum Gasteiger partial charge on any atom is 0.414 e. The average Bonchev–Trinajstić information content (AvgIpc) is 2.37. The van der Waals surface area contributed by atoms with E-state index in [2.05, 4.69) is 4.74 Å². The van der Waals surface area contributed by atoms with Gasteiger partial charge in [-0.25, -0.2) is 8.42 Å². The number of rotatable bonds is 5. The second kappa shape index (κ2) is 6.24. The molecule has 20 heavy (non-hydrogen) atoms. The number of nitriles is 1. The molecule has 1 aromatic carbocycles. The van der Waals surface area contributed by atoms with E-state index in [0.29, 0.717) is 0 Å². The molecule has 8 heteroatoms. The maximum atomic E-state index is 12.2. The minimum absolute atomic E-state index is 0.111. The first-order valence-corrected chi connectivity index (χ1v) is 7.23. The summed E-state index contributed by atoms with van der Waals surface area (Å²) in [5.41, 5.74) is 0.163. The quantitative estimate of drug-likeness (QED) is 0.837. The van der Waals surface area contributed by atoms with Gasteiger partial charge in [-0.15, -0.1) is 0 Å². The van der Waals surface area contributed by atoms with Gasteiger partial charge in [-0.3, -0.25) is 0 Å². The Balaban J connectivity index is 2.69. The van der Waals surface area contributed by atoms with E-state index in [1.54, 1.807) is 6.07 Å². The topological polar surface area (TPSA) is 67.2 Å². The Bertz CT molecular complexity index is 605. The lowest BCUT2D eigenvalue weighted by molar-refractivity contribution is -0.212. The molecule has 0 saturated heterocycles. The van der Waals surface area contributed by atoms with Crippen LogP contribution in [0, 0.1) is 11.3 Å². The monoisotopic (exact) mass is 307 g/mol. The summed E-state index contributed by atoms with van der Waals surface area (Å²) in [7, 11) is -3.78. The van der Waals surface area contributed by atoms with E-state index in [-0.39, 0.29) is 10.5 Å². The van der Waals surface area contributed by atoms with Crippen LogP contribution < -0.4 is 0 Å². The highest BCUT2D eigenvalue weighted by molar-refractivity contribution is 7.91. The van der Waals surface area contributed by atoms with Crippen molar-refractivity contribution in [2.75, 3.05) is 12.4 Å². The zero-order valence-electron chi connectivity index (χ0n) is 10.5. The number of ether oxygens (including phenoxy) is 1. The van der Waals surface area contributed by atoms with Gasteiger partial charge in [-0.2, -0.15) is 18.4 Å². The molecule has 0 aromatic heterocycles. The van der Waals surface area contributed by atoms with Crippen molar-refractivity contribution in [2.24, 2.45) is 0 Å². The summed E-state index contributed by atoms with van der Waals surface area (Å²) < 4.78 is 64.7. The Morgan fingerprint density at radius 3 is 2.60 bits per heavy atom. The van der Waals surface area contributed by atoms with Crippen molar-refractivity contribution in [3.63, 3.8) is 0 Å². The summed E-state index contributed by atoms with van der Waals surface area (Å²) in [6.07, 6.45) is -6.55. The van der Waals surface area contributed by atoms with Crippen LogP contribution in [0.25, 0.3) is 0 Å². The van der Waals surface area contributed by atoms with Crippen LogP contribution in [0.3, 0.4) is 0 Å². The van der Waals surface area contributed by atoms with Crippen molar-refractivity contribution >= 4 is 9.84 Å². The van der Waals surface area contributed by atoms with Crippen molar-refractivity contribution in [1.29, 1.82) is 5.26 Å². The average molecular weight is 307 g/mol. The fourth-order valence-electron chi connectivity index (χ4n) is 1.31. The third kappa shape index (κ3) is 4.51. The van der Waals surface area contributed by atoms with Crippen LogP contribution >= 0.6 is 0 Å². The molecule has 0 saturated carbocycles. The molecule has 1 rings (SSSR count). The minimum Gasteiger partial charge on any atom is -0.368 e. The largest absolute Gasteiger partial charge is 0.414 e. The summed E-state index contributed by atoms with van der Waals surface area (Å²) in [6.45, 7) is 0.239. The summed E-state index contributed by atoms with van der Waals surface area (Å²) in [5, 5.41) is 8.67. The summed E-state index contributed by atoms with van der Waals surface area (Å²) in [5.74, 6) is -0.581. The van der Waals surface area contributed by atoms with Gasteiger partial charge in [0.15, 0.2) is 15.9 Å². The molecule has 0 spiro atoms. The minimum atomic E-state index is -4.52. The van der Waals surface area contributed by atoms with Crippen LogP contribution in [-0.4, -0.2) is 33.1 Å². The highest BCUT2D eigenvalue weighted by Gasteiger charge is 2.37. The molecular formula is C12H12F3NO3S. The summed E-state index contributed by atoms with van der Waals surface area (Å²) in [4.78, 5) is -0.111. The smallest absolute Gasteiger partial charge is 0.368 e. The van der Waals surface area contributed by atoms with E-state index in [1.165, 1.54) is 24.3 Å². The van der Waals surface area contributed by atoms with E-state index in [0.717, 1.165) is 6.92 Å². The predicted molar refractivity (Wildman–Crippen MR) is 64.7 cm³/mol. The SMILES string of the molecule is CC(OCCS(=O)(=O)c1cccc(C#N)c1)C(F)(F)F. The Morgan fingerprint density at radius 1 is 1.40 bits per heavy atom. The Labute approximate surface area is 114 Å². The van der Waals surface area contributed by atoms with Crippen molar-refractivity contribution in [3.05, 3.63) is 29.8 Å². The highest BCUT2D eigenvalue weighted by Crippen LogP contribution is 2.22. The zero-order chi connectivity index (χ0) is 15.4. The van der Waals surface area contributed by atoms with Crippen molar-refractivity contribution in [3.8, 4) is 6.07 Å². The molecule has 0 aliphatic heterocycles. The number of nitrogens with zero attached hydrogens (tertiary/aromatic N) is 1. The Morgan fingerprint density at radius 2 is 2.05 bits per heavy atom. The highest BCUT2D eigenvalue weighted by atomic mass is 32.2. The first kappa shape index (κ1) is 16.5. The van der Waals surface area contributed by atoms with Gasteiger partial charge in [0, 0.05) is 0 Å². The molecule has 0 heterocycles. The molecule has 0 bridgehead atoms. The number of benzene rings is 1. The second-order valence-corrected chi connectivity index (χ2v) is 6.12. The Hall–Kier alpha value is -1.59. The van der Waals surface area contributed by atoms with E-state index in [1.807, 2.05) is 0 Å². The standard InChI is InChI=1S/C12H12F3NO3S/c1-9(12(13,14)15)19-5-6-20(17,18)11-4-2-3-10(7-11)8-16/h2-4,7,9H,5-6H2,1H3. The molecule has 0 radical (unpaired) electrons. The first-order chi connectivity index (χ1) is 9.16. The van der Waals surface area contributed by atoms with Crippen LogP contribution in [0.15, 0.2) is 29.2 Å². The third-order valence-corrected chi connectivity index (χ3v) is 4.18. The molecule has 4 nitrogen and oxygen atoms in total. The zero-order valence-corrected chi connectivity index (χ0v) is 11.3. The van der Waals surface area contributed by atoms with Crippen molar-refractivity contribution < 1.29 is 26.3 Å². The number of hydrogen-bond donors (Lipinski definition) is 0. The van der Waals surface area contributed by atoms with Crippen LogP contribution in [0.5, 0.6) is 0 Å². The van der Waals surface area contributed by atoms with E-state index in [4.69, 9.17) is 5.26 Å². The number of sulfone groups is 1. The van der Waals surface area contributed by atoms with Gasteiger partial charge in [0.2, 0.25) is 0 Å².